The van der Waals surface area contributed by atoms with Gasteiger partial charge < -0.3 is 15.5 Å². The molecule has 1 fully saturated rings. The van der Waals surface area contributed by atoms with Crippen LogP contribution in [0.25, 0.3) is 0 Å². The minimum absolute atomic E-state index is 0.00218. The molecule has 3 N–H and O–H groups in total. The summed E-state index contributed by atoms with van der Waals surface area (Å²) in [6.45, 7) is 0.552. The Bertz CT molecular complexity index is 458. The van der Waals surface area contributed by atoms with Crippen molar-refractivity contribution in [2.45, 2.75) is 19.3 Å². The van der Waals surface area contributed by atoms with Crippen LogP contribution in [0, 0.1) is 11.2 Å². The first-order valence-corrected chi connectivity index (χ1v) is 5.94. The second kappa shape index (κ2) is 4.94. The summed E-state index contributed by atoms with van der Waals surface area (Å²) < 4.78 is 13.4. The van der Waals surface area contributed by atoms with E-state index in [4.69, 9.17) is 10.2 Å². The molecule has 2 rings (SSSR count). The Morgan fingerprint density at radius 2 is 2.17 bits per heavy atom. The van der Waals surface area contributed by atoms with Crippen LogP contribution in [0.4, 0.5) is 4.39 Å². The number of phenols is 1. The van der Waals surface area contributed by atoms with Crippen molar-refractivity contribution in [2.24, 2.45) is 5.41 Å². The maximum atomic E-state index is 13.4. The van der Waals surface area contributed by atoms with Gasteiger partial charge in [-0.3, -0.25) is 4.79 Å². The second-order valence-corrected chi connectivity index (χ2v) is 4.82. The lowest BCUT2D eigenvalue weighted by atomic mass is 10.0. The molecule has 0 unspecified atom stereocenters. The molecule has 1 amide bonds. The number of aliphatic hydroxyl groups excluding tert-OH is 1. The number of phenolic OH excluding ortho intramolecular Hbond substituents is 1. The molecular weight excluding hydrogens is 237 g/mol. The van der Waals surface area contributed by atoms with Gasteiger partial charge in [0.1, 0.15) is 11.6 Å². The summed E-state index contributed by atoms with van der Waals surface area (Å²) in [7, 11) is 0. The number of aromatic hydroxyl groups is 1. The predicted octanol–water partition coefficient (Wildman–Crippen LogP) is 1.42. The van der Waals surface area contributed by atoms with Gasteiger partial charge in [-0.1, -0.05) is 0 Å². The largest absolute Gasteiger partial charge is 0.508 e. The summed E-state index contributed by atoms with van der Waals surface area (Å²) in [4.78, 5) is 11.8. The van der Waals surface area contributed by atoms with Gasteiger partial charge in [0.25, 0.3) is 5.91 Å². The van der Waals surface area contributed by atoms with E-state index >= 15 is 0 Å². The van der Waals surface area contributed by atoms with Gasteiger partial charge in [0.2, 0.25) is 0 Å². The van der Waals surface area contributed by atoms with Crippen molar-refractivity contribution < 1.29 is 19.4 Å². The van der Waals surface area contributed by atoms with E-state index in [-0.39, 0.29) is 23.3 Å². The number of amides is 1. The van der Waals surface area contributed by atoms with Crippen LogP contribution in [-0.4, -0.2) is 29.3 Å². The van der Waals surface area contributed by atoms with Gasteiger partial charge in [0, 0.05) is 19.2 Å². The average molecular weight is 253 g/mol. The molecule has 0 aliphatic heterocycles. The zero-order valence-electron chi connectivity index (χ0n) is 9.95. The Morgan fingerprint density at radius 3 is 2.72 bits per heavy atom. The Balaban J connectivity index is 1.96. The molecule has 1 aromatic carbocycles. The number of hydrogen-bond donors (Lipinski definition) is 3. The topological polar surface area (TPSA) is 69.6 Å². The quantitative estimate of drug-likeness (QED) is 0.743. The fourth-order valence-electron chi connectivity index (χ4n) is 1.98. The lowest BCUT2D eigenvalue weighted by molar-refractivity contribution is 0.0936. The molecule has 0 aromatic heterocycles. The van der Waals surface area contributed by atoms with E-state index in [1.807, 2.05) is 0 Å². The van der Waals surface area contributed by atoms with Gasteiger partial charge in [0.05, 0.1) is 5.56 Å². The zero-order valence-corrected chi connectivity index (χ0v) is 9.95. The number of hydrogen-bond acceptors (Lipinski definition) is 3. The van der Waals surface area contributed by atoms with Crippen molar-refractivity contribution >= 4 is 5.91 Å². The maximum absolute atomic E-state index is 13.4. The van der Waals surface area contributed by atoms with E-state index < -0.39 is 11.7 Å². The van der Waals surface area contributed by atoms with E-state index in [0.717, 1.165) is 18.9 Å². The lowest BCUT2D eigenvalue weighted by Crippen LogP contribution is -2.31. The maximum Gasteiger partial charge on any atom is 0.254 e. The second-order valence-electron chi connectivity index (χ2n) is 4.82. The monoisotopic (exact) mass is 253 g/mol. The van der Waals surface area contributed by atoms with Gasteiger partial charge in [-0.05, 0) is 36.8 Å². The number of nitrogens with one attached hydrogen (secondary N) is 1. The van der Waals surface area contributed by atoms with Crippen molar-refractivity contribution in [3.8, 4) is 5.75 Å². The van der Waals surface area contributed by atoms with Crippen LogP contribution in [0.3, 0.4) is 0 Å². The summed E-state index contributed by atoms with van der Waals surface area (Å²) in [5, 5.41) is 20.6. The first-order chi connectivity index (χ1) is 8.56. The molecule has 4 nitrogen and oxygen atoms in total. The third-order valence-corrected chi connectivity index (χ3v) is 3.42. The molecule has 0 heterocycles. The molecule has 0 bridgehead atoms. The van der Waals surface area contributed by atoms with Gasteiger partial charge in [-0.2, -0.15) is 0 Å². The fraction of sp³-hybridized carbons (Fsp3) is 0.462. The average Bonchev–Trinajstić information content (AvgIpc) is 3.07. The van der Waals surface area contributed by atoms with Crippen LogP contribution in [0.1, 0.15) is 29.6 Å². The standard InChI is InChI=1S/C13H16FNO3/c14-11-7-9(17)1-2-10(11)12(18)15-8-13(3-4-13)5-6-16/h1-2,7,16-17H,3-6,8H2,(H,15,18). The summed E-state index contributed by atoms with van der Waals surface area (Å²) in [6, 6.07) is 3.44. The molecule has 1 aliphatic carbocycles. The SMILES string of the molecule is O=C(NCC1(CCO)CC1)c1ccc(O)cc1F. The van der Waals surface area contributed by atoms with E-state index in [9.17, 15) is 9.18 Å². The Hall–Kier alpha value is -1.62. The Kier molecular flexibility index (Phi) is 3.52. The molecule has 1 aliphatic rings. The van der Waals surface area contributed by atoms with Crippen molar-refractivity contribution in [1.29, 1.82) is 0 Å². The normalized spacial score (nSPS) is 16.3. The predicted molar refractivity (Wildman–Crippen MR) is 63.8 cm³/mol. The highest BCUT2D eigenvalue weighted by Crippen LogP contribution is 2.47. The lowest BCUT2D eigenvalue weighted by Gasteiger charge is -2.14. The fourth-order valence-corrected chi connectivity index (χ4v) is 1.98. The third-order valence-electron chi connectivity index (χ3n) is 3.42. The first-order valence-electron chi connectivity index (χ1n) is 5.94. The van der Waals surface area contributed by atoms with Gasteiger partial charge in [0.15, 0.2) is 0 Å². The molecular formula is C13H16FNO3. The van der Waals surface area contributed by atoms with Crippen LogP contribution in [-0.2, 0) is 0 Å². The van der Waals surface area contributed by atoms with Gasteiger partial charge in [-0.15, -0.1) is 0 Å². The number of carbonyl (C=O) groups is 1. The Labute approximate surface area is 104 Å². The summed E-state index contributed by atoms with van der Waals surface area (Å²) >= 11 is 0. The van der Waals surface area contributed by atoms with E-state index in [1.54, 1.807) is 0 Å². The number of carbonyl (C=O) groups excluding carboxylic acids is 1. The number of benzene rings is 1. The molecule has 5 heteroatoms. The van der Waals surface area contributed by atoms with Gasteiger partial charge in [-0.25, -0.2) is 4.39 Å². The summed E-state index contributed by atoms with van der Waals surface area (Å²) in [5.41, 5.74) is -0.0785. The molecule has 18 heavy (non-hydrogen) atoms. The van der Waals surface area contributed by atoms with Crippen molar-refractivity contribution in [2.75, 3.05) is 13.2 Å². The smallest absolute Gasteiger partial charge is 0.254 e. The molecule has 0 spiro atoms. The van der Waals surface area contributed by atoms with Crippen molar-refractivity contribution in [3.05, 3.63) is 29.6 Å². The highest BCUT2D eigenvalue weighted by atomic mass is 19.1. The van der Waals surface area contributed by atoms with Gasteiger partial charge >= 0.3 is 0 Å². The van der Waals surface area contributed by atoms with Crippen LogP contribution < -0.4 is 5.32 Å². The summed E-state index contributed by atoms with van der Waals surface area (Å²) in [5.74, 6) is -1.43. The van der Waals surface area contributed by atoms with Crippen LogP contribution in [0.15, 0.2) is 18.2 Å². The van der Waals surface area contributed by atoms with Crippen molar-refractivity contribution in [1.82, 2.24) is 5.32 Å². The molecule has 0 radical (unpaired) electrons. The molecule has 1 saturated carbocycles. The number of aliphatic hydroxyl groups is 1. The minimum Gasteiger partial charge on any atom is -0.508 e. The molecule has 0 atom stereocenters. The molecule has 98 valence electrons. The van der Waals surface area contributed by atoms with E-state index in [1.165, 1.54) is 12.1 Å². The Morgan fingerprint density at radius 1 is 1.44 bits per heavy atom. The van der Waals surface area contributed by atoms with Crippen molar-refractivity contribution in [3.63, 3.8) is 0 Å². The third kappa shape index (κ3) is 2.79. The summed E-state index contributed by atoms with van der Waals surface area (Å²) in [6.07, 6.45) is 2.61. The molecule has 0 saturated heterocycles. The van der Waals surface area contributed by atoms with Crippen LogP contribution in [0.5, 0.6) is 5.75 Å². The highest BCUT2D eigenvalue weighted by molar-refractivity contribution is 5.94. The van der Waals surface area contributed by atoms with Crippen LogP contribution in [0.2, 0.25) is 0 Å². The van der Waals surface area contributed by atoms with Crippen LogP contribution >= 0.6 is 0 Å². The zero-order chi connectivity index (χ0) is 13.2. The molecule has 1 aromatic rings. The van der Waals surface area contributed by atoms with E-state index in [2.05, 4.69) is 5.32 Å². The highest BCUT2D eigenvalue weighted by Gasteiger charge is 2.41. The first kappa shape index (κ1) is 12.8. The number of rotatable bonds is 5. The number of halogens is 1. The minimum atomic E-state index is -0.737. The van der Waals surface area contributed by atoms with E-state index in [0.29, 0.717) is 13.0 Å².